The Morgan fingerprint density at radius 1 is 1.18 bits per heavy atom. The number of halogens is 3. The van der Waals surface area contributed by atoms with E-state index < -0.39 is 37.2 Å². The molecule has 0 aliphatic carbocycles. The molecule has 10 heteroatoms. The van der Waals surface area contributed by atoms with Crippen molar-refractivity contribution in [2.75, 3.05) is 13.2 Å². The van der Waals surface area contributed by atoms with Gasteiger partial charge in [0.2, 0.25) is 0 Å². The van der Waals surface area contributed by atoms with E-state index in [-0.39, 0.29) is 5.56 Å². The number of para-hydroxylation sites is 1. The van der Waals surface area contributed by atoms with Gasteiger partial charge in [-0.15, -0.1) is 0 Å². The van der Waals surface area contributed by atoms with Gasteiger partial charge in [0.15, 0.2) is 6.61 Å². The Morgan fingerprint density at radius 2 is 1.86 bits per heavy atom. The van der Waals surface area contributed by atoms with E-state index in [1.54, 1.807) is 24.4 Å². The molecule has 7 nitrogen and oxygen atoms in total. The number of pyridine rings is 1. The summed E-state index contributed by atoms with van der Waals surface area (Å²) < 4.78 is 41.0. The van der Waals surface area contributed by atoms with Crippen LogP contribution < -0.4 is 10.6 Å². The lowest BCUT2D eigenvalue weighted by Gasteiger charge is -2.13. The Morgan fingerprint density at radius 3 is 2.50 bits per heavy atom. The van der Waals surface area contributed by atoms with Gasteiger partial charge in [0.1, 0.15) is 6.54 Å². The highest BCUT2D eigenvalue weighted by atomic mass is 19.4. The molecule has 1 aromatic carbocycles. The summed E-state index contributed by atoms with van der Waals surface area (Å²) in [5, 5.41) is 3.88. The molecule has 28 heavy (non-hydrogen) atoms. The molecular formula is C18H18F3N3O4. The van der Waals surface area contributed by atoms with E-state index in [2.05, 4.69) is 4.98 Å². The molecule has 1 aromatic heterocycles. The molecule has 0 unspecified atom stereocenters. The molecule has 1 heterocycles. The van der Waals surface area contributed by atoms with Crippen LogP contribution in [0.4, 0.5) is 18.0 Å². The van der Waals surface area contributed by atoms with Crippen molar-refractivity contribution in [3.8, 4) is 0 Å². The van der Waals surface area contributed by atoms with E-state index in [4.69, 9.17) is 4.74 Å². The number of benzene rings is 1. The third-order valence-electron chi connectivity index (χ3n) is 3.80. The highest BCUT2D eigenvalue weighted by molar-refractivity contribution is 6.00. The first kappa shape index (κ1) is 21.1. The Balaban J connectivity index is 2.04. The SMILES string of the molecule is CCc1nc2ccccc2c(C)c1C(=O)OCC(=O)NC(=O)NCC(F)(F)F. The summed E-state index contributed by atoms with van der Waals surface area (Å²) in [7, 11) is 0. The first-order valence-corrected chi connectivity index (χ1v) is 8.32. The van der Waals surface area contributed by atoms with Crippen molar-refractivity contribution in [2.45, 2.75) is 26.4 Å². The summed E-state index contributed by atoms with van der Waals surface area (Å²) in [6, 6.07) is 5.89. The van der Waals surface area contributed by atoms with Gasteiger partial charge in [-0.1, -0.05) is 25.1 Å². The maximum Gasteiger partial charge on any atom is 0.405 e. The molecule has 0 bridgehead atoms. The summed E-state index contributed by atoms with van der Waals surface area (Å²) >= 11 is 0. The number of imide groups is 1. The molecule has 0 saturated heterocycles. The number of rotatable bonds is 5. The van der Waals surface area contributed by atoms with Crippen molar-refractivity contribution in [3.63, 3.8) is 0 Å². The second-order valence-corrected chi connectivity index (χ2v) is 5.85. The summed E-state index contributed by atoms with van der Waals surface area (Å²) in [4.78, 5) is 39.7. The van der Waals surface area contributed by atoms with Crippen molar-refractivity contribution in [1.29, 1.82) is 0 Å². The third-order valence-corrected chi connectivity index (χ3v) is 3.80. The molecule has 0 spiro atoms. The van der Waals surface area contributed by atoms with E-state index in [9.17, 15) is 27.6 Å². The molecule has 0 aliphatic heterocycles. The van der Waals surface area contributed by atoms with Crippen molar-refractivity contribution in [1.82, 2.24) is 15.6 Å². The molecule has 2 aromatic rings. The molecule has 0 aliphatic rings. The molecule has 0 saturated carbocycles. The van der Waals surface area contributed by atoms with Gasteiger partial charge in [-0.05, 0) is 25.0 Å². The van der Waals surface area contributed by atoms with Crippen LogP contribution in [-0.2, 0) is 16.0 Å². The molecule has 0 atom stereocenters. The van der Waals surface area contributed by atoms with Gasteiger partial charge in [-0.2, -0.15) is 13.2 Å². The number of hydrogen-bond acceptors (Lipinski definition) is 5. The Labute approximate surface area is 158 Å². The quantitative estimate of drug-likeness (QED) is 0.756. The van der Waals surface area contributed by atoms with Gasteiger partial charge in [0, 0.05) is 5.39 Å². The predicted molar refractivity (Wildman–Crippen MR) is 93.7 cm³/mol. The molecule has 2 N–H and O–H groups in total. The van der Waals surface area contributed by atoms with Crippen molar-refractivity contribution in [2.24, 2.45) is 0 Å². The van der Waals surface area contributed by atoms with Gasteiger partial charge >= 0.3 is 18.2 Å². The standard InChI is InChI=1S/C18H18F3N3O4/c1-3-12-15(10(2)11-6-4-5-7-13(11)23-12)16(26)28-8-14(25)24-17(27)22-9-18(19,20)21/h4-7H,3,8-9H2,1-2H3,(H2,22,24,25,27). The van der Waals surface area contributed by atoms with Crippen LogP contribution in [0, 0.1) is 6.92 Å². The van der Waals surface area contributed by atoms with Crippen molar-refractivity contribution < 1.29 is 32.3 Å². The van der Waals surface area contributed by atoms with Crippen LogP contribution in [0.5, 0.6) is 0 Å². The van der Waals surface area contributed by atoms with E-state index in [1.807, 2.05) is 19.1 Å². The number of hydrogen-bond donors (Lipinski definition) is 2. The van der Waals surface area contributed by atoms with E-state index in [0.29, 0.717) is 23.2 Å². The summed E-state index contributed by atoms with van der Waals surface area (Å²) in [5.74, 6) is -1.86. The van der Waals surface area contributed by atoms with Gasteiger partial charge in [-0.3, -0.25) is 15.1 Å². The lowest BCUT2D eigenvalue weighted by atomic mass is 10.0. The number of nitrogens with one attached hydrogen (secondary N) is 2. The second kappa shape index (κ2) is 8.68. The lowest BCUT2D eigenvalue weighted by Crippen LogP contribution is -2.44. The van der Waals surface area contributed by atoms with Crippen LogP contribution in [-0.4, -0.2) is 42.2 Å². The van der Waals surface area contributed by atoms with Gasteiger partial charge < -0.3 is 10.1 Å². The van der Waals surface area contributed by atoms with Gasteiger partial charge in [0.25, 0.3) is 5.91 Å². The number of alkyl halides is 3. The number of carbonyl (C=O) groups excluding carboxylic acids is 3. The smallest absolute Gasteiger partial charge is 0.405 e. The minimum absolute atomic E-state index is 0.218. The minimum atomic E-state index is -4.61. The Bertz CT molecular complexity index is 913. The average molecular weight is 397 g/mol. The number of urea groups is 1. The Hall–Kier alpha value is -3.17. The van der Waals surface area contributed by atoms with E-state index in [0.717, 1.165) is 5.39 Å². The van der Waals surface area contributed by atoms with Crippen molar-refractivity contribution in [3.05, 3.63) is 41.1 Å². The normalized spacial score (nSPS) is 11.2. The largest absolute Gasteiger partial charge is 0.452 e. The topological polar surface area (TPSA) is 97.4 Å². The zero-order chi connectivity index (χ0) is 20.9. The van der Waals surface area contributed by atoms with Crippen molar-refractivity contribution >= 4 is 28.8 Å². The van der Waals surface area contributed by atoms with Crippen LogP contribution in [0.3, 0.4) is 0 Å². The maximum atomic E-state index is 12.4. The summed E-state index contributed by atoms with van der Waals surface area (Å²) in [6.07, 6.45) is -4.16. The number of aryl methyl sites for hydroxylation is 2. The summed E-state index contributed by atoms with van der Waals surface area (Å²) in [6.45, 7) is 1.12. The molecule has 0 radical (unpaired) electrons. The molecule has 150 valence electrons. The monoisotopic (exact) mass is 397 g/mol. The third kappa shape index (κ3) is 5.41. The number of esters is 1. The minimum Gasteiger partial charge on any atom is -0.452 e. The number of fused-ring (bicyclic) bond motifs is 1. The van der Waals surface area contributed by atoms with Crippen LogP contribution in [0.2, 0.25) is 0 Å². The van der Waals surface area contributed by atoms with Crippen LogP contribution >= 0.6 is 0 Å². The molecule has 3 amide bonds. The lowest BCUT2D eigenvalue weighted by molar-refractivity contribution is -0.125. The molecular weight excluding hydrogens is 379 g/mol. The van der Waals surface area contributed by atoms with Gasteiger partial charge in [0.05, 0.1) is 16.8 Å². The predicted octanol–water partition coefficient (Wildman–Crippen LogP) is 2.65. The highest BCUT2D eigenvalue weighted by Crippen LogP contribution is 2.24. The van der Waals surface area contributed by atoms with E-state index >= 15 is 0 Å². The zero-order valence-electron chi connectivity index (χ0n) is 15.1. The first-order chi connectivity index (χ1) is 13.1. The van der Waals surface area contributed by atoms with Crippen LogP contribution in [0.25, 0.3) is 10.9 Å². The number of amides is 3. The maximum absolute atomic E-state index is 12.4. The number of carbonyl (C=O) groups is 3. The number of ether oxygens (including phenoxy) is 1. The number of nitrogens with zero attached hydrogens (tertiary/aromatic N) is 1. The summed E-state index contributed by atoms with van der Waals surface area (Å²) in [5.41, 5.74) is 2.06. The van der Waals surface area contributed by atoms with Gasteiger partial charge in [-0.25, -0.2) is 9.59 Å². The molecule has 2 rings (SSSR count). The van der Waals surface area contributed by atoms with Crippen LogP contribution in [0.15, 0.2) is 24.3 Å². The zero-order valence-corrected chi connectivity index (χ0v) is 15.1. The second-order valence-electron chi connectivity index (χ2n) is 5.85. The highest BCUT2D eigenvalue weighted by Gasteiger charge is 2.28. The fourth-order valence-corrected chi connectivity index (χ4v) is 2.56. The molecule has 0 fully saturated rings. The van der Waals surface area contributed by atoms with Crippen LogP contribution in [0.1, 0.15) is 28.5 Å². The first-order valence-electron chi connectivity index (χ1n) is 8.32. The number of aromatic nitrogens is 1. The Kier molecular flexibility index (Phi) is 6.55. The fraction of sp³-hybridized carbons (Fsp3) is 0.333. The average Bonchev–Trinajstić information content (AvgIpc) is 2.63. The van der Waals surface area contributed by atoms with E-state index in [1.165, 1.54) is 5.32 Å². The fourth-order valence-electron chi connectivity index (χ4n) is 2.56.